The maximum Gasteiger partial charge on any atom is 0.275 e. The van der Waals surface area contributed by atoms with Crippen LogP contribution in [-0.2, 0) is 5.79 Å². The van der Waals surface area contributed by atoms with Crippen LogP contribution in [0.3, 0.4) is 0 Å². The molecule has 0 bridgehead atoms. The summed E-state index contributed by atoms with van der Waals surface area (Å²) in [6.07, 6.45) is 0. The molecule has 3 aromatic rings. The van der Waals surface area contributed by atoms with Gasteiger partial charge in [0.2, 0.25) is 0 Å². The summed E-state index contributed by atoms with van der Waals surface area (Å²) in [5.41, 5.74) is 2.22. The van der Waals surface area contributed by atoms with E-state index in [2.05, 4.69) is 63.0 Å². The van der Waals surface area contributed by atoms with Crippen molar-refractivity contribution >= 4 is 42.6 Å². The number of aryl methyl sites for hydroxylation is 1. The number of rotatable bonds is 1. The van der Waals surface area contributed by atoms with E-state index in [1.165, 1.54) is 5.56 Å². The Bertz CT molecular complexity index is 866. The molecule has 1 heterocycles. The fourth-order valence-corrected chi connectivity index (χ4v) is 3.55. The first kappa shape index (κ1) is 15.0. The van der Waals surface area contributed by atoms with Crippen molar-refractivity contribution in [2.24, 2.45) is 0 Å². The third-order valence-electron chi connectivity index (χ3n) is 4.13. The van der Waals surface area contributed by atoms with Crippen LogP contribution < -0.4 is 9.47 Å². The molecule has 23 heavy (non-hydrogen) atoms. The largest absolute Gasteiger partial charge is 0.445 e. The van der Waals surface area contributed by atoms with Gasteiger partial charge in [0.25, 0.3) is 5.79 Å². The summed E-state index contributed by atoms with van der Waals surface area (Å²) in [6.45, 7) is 4.02. The maximum atomic E-state index is 6.15. The lowest BCUT2D eigenvalue weighted by Crippen LogP contribution is -2.31. The number of benzene rings is 3. The second kappa shape index (κ2) is 5.25. The Labute approximate surface area is 151 Å². The van der Waals surface area contributed by atoms with Gasteiger partial charge in [-0.1, -0.05) is 29.8 Å². The molecule has 0 fully saturated rings. The molecule has 1 aliphatic heterocycles. The van der Waals surface area contributed by atoms with Gasteiger partial charge in [-0.25, -0.2) is 0 Å². The summed E-state index contributed by atoms with van der Waals surface area (Å²) < 4.78 is 14.3. The summed E-state index contributed by atoms with van der Waals surface area (Å²) >= 11 is 7.09. The highest BCUT2D eigenvalue weighted by molar-refractivity contribution is 9.13. The number of hydrogen-bond acceptors (Lipinski definition) is 2. The lowest BCUT2D eigenvalue weighted by Gasteiger charge is -2.23. The van der Waals surface area contributed by atoms with Gasteiger partial charge in [-0.2, -0.15) is 0 Å². The molecule has 0 spiro atoms. The van der Waals surface area contributed by atoms with Crippen molar-refractivity contribution in [3.63, 3.8) is 0 Å². The zero-order chi connectivity index (χ0) is 16.2. The van der Waals surface area contributed by atoms with E-state index >= 15 is 0 Å². The molecule has 0 aliphatic carbocycles. The first-order valence-electron chi connectivity index (χ1n) is 7.33. The molecular weight excluding hydrogens is 420 g/mol. The first-order valence-corrected chi connectivity index (χ1v) is 8.91. The van der Waals surface area contributed by atoms with Gasteiger partial charge in [0.05, 0.1) is 0 Å². The quantitative estimate of drug-likeness (QED) is 0.447. The number of ether oxygens (including phenoxy) is 2. The van der Waals surface area contributed by atoms with Gasteiger partial charge < -0.3 is 9.47 Å². The summed E-state index contributed by atoms with van der Waals surface area (Å²) in [6, 6.07) is 16.4. The van der Waals surface area contributed by atoms with E-state index in [1.54, 1.807) is 0 Å². The van der Waals surface area contributed by atoms with Crippen LogP contribution in [0.1, 0.15) is 18.1 Å². The molecule has 0 saturated heterocycles. The van der Waals surface area contributed by atoms with Gasteiger partial charge >= 0.3 is 0 Å². The fraction of sp³-hybridized carbons (Fsp3) is 0.158. The molecule has 0 saturated carbocycles. The molecule has 0 radical (unpaired) electrons. The highest BCUT2D eigenvalue weighted by Crippen LogP contribution is 2.46. The normalized spacial score (nSPS) is 15.1. The van der Waals surface area contributed by atoms with Crippen molar-refractivity contribution < 1.29 is 9.47 Å². The second-order valence-corrected chi connectivity index (χ2v) is 7.64. The highest BCUT2D eigenvalue weighted by atomic mass is 79.9. The van der Waals surface area contributed by atoms with E-state index in [-0.39, 0.29) is 0 Å². The van der Waals surface area contributed by atoms with Crippen molar-refractivity contribution in [3.05, 3.63) is 68.6 Å². The monoisotopic (exact) mass is 432 g/mol. The molecule has 3 aromatic carbocycles. The molecule has 116 valence electrons. The van der Waals surface area contributed by atoms with E-state index < -0.39 is 5.79 Å². The Hall–Kier alpha value is -1.52. The van der Waals surface area contributed by atoms with Crippen LogP contribution in [0.15, 0.2) is 57.5 Å². The Morgan fingerprint density at radius 3 is 1.74 bits per heavy atom. The number of fused-ring (bicyclic) bond motifs is 2. The van der Waals surface area contributed by atoms with Crippen molar-refractivity contribution in [2.75, 3.05) is 0 Å². The molecule has 4 rings (SSSR count). The van der Waals surface area contributed by atoms with E-state index in [9.17, 15) is 0 Å². The molecule has 2 nitrogen and oxygen atoms in total. The lowest BCUT2D eigenvalue weighted by molar-refractivity contribution is -0.0679. The smallest absolute Gasteiger partial charge is 0.275 e. The zero-order valence-corrected chi connectivity index (χ0v) is 15.9. The first-order chi connectivity index (χ1) is 10.9. The van der Waals surface area contributed by atoms with Gasteiger partial charge in [-0.3, -0.25) is 0 Å². The van der Waals surface area contributed by atoms with Crippen molar-refractivity contribution in [1.82, 2.24) is 0 Å². The predicted octanol–water partition coefficient (Wildman–Crippen LogP) is 6.32. The molecule has 4 heteroatoms. The lowest BCUT2D eigenvalue weighted by atomic mass is 10.1. The second-order valence-electron chi connectivity index (χ2n) is 5.93. The summed E-state index contributed by atoms with van der Waals surface area (Å²) in [4.78, 5) is 0. The van der Waals surface area contributed by atoms with Gasteiger partial charge in [-0.05, 0) is 73.8 Å². The van der Waals surface area contributed by atoms with Gasteiger partial charge in [0, 0.05) is 21.4 Å². The SMILES string of the molecule is Cc1ccc(C2(C)Oc3cc4cc(Br)c(Br)cc4cc3O2)cc1. The highest BCUT2D eigenvalue weighted by Gasteiger charge is 2.38. The Balaban J connectivity index is 1.79. The molecule has 1 aliphatic rings. The van der Waals surface area contributed by atoms with Crippen LogP contribution >= 0.6 is 31.9 Å². The van der Waals surface area contributed by atoms with E-state index in [0.29, 0.717) is 0 Å². The van der Waals surface area contributed by atoms with Gasteiger partial charge in [0.1, 0.15) is 0 Å². The van der Waals surface area contributed by atoms with Crippen LogP contribution in [0.5, 0.6) is 11.5 Å². The van der Waals surface area contributed by atoms with Crippen LogP contribution in [0.2, 0.25) is 0 Å². The van der Waals surface area contributed by atoms with E-state index in [4.69, 9.17) is 9.47 Å². The molecule has 0 atom stereocenters. The van der Waals surface area contributed by atoms with Crippen LogP contribution in [0.25, 0.3) is 10.8 Å². The minimum absolute atomic E-state index is 0.773. The standard InChI is InChI=1S/C19H14Br2O2/c1-11-3-5-14(6-4-11)19(2)22-17-9-12-7-15(20)16(21)8-13(12)10-18(17)23-19/h3-10H,1-2H3. The minimum atomic E-state index is -0.790. The Morgan fingerprint density at radius 1 is 0.783 bits per heavy atom. The topological polar surface area (TPSA) is 18.5 Å². The van der Waals surface area contributed by atoms with Gasteiger partial charge in [-0.15, -0.1) is 0 Å². The van der Waals surface area contributed by atoms with E-state index in [0.717, 1.165) is 36.8 Å². The molecule has 0 aromatic heterocycles. The minimum Gasteiger partial charge on any atom is -0.445 e. The van der Waals surface area contributed by atoms with Crippen LogP contribution in [0.4, 0.5) is 0 Å². The van der Waals surface area contributed by atoms with Crippen LogP contribution in [-0.4, -0.2) is 0 Å². The Morgan fingerprint density at radius 2 is 1.26 bits per heavy atom. The van der Waals surface area contributed by atoms with Crippen molar-refractivity contribution in [3.8, 4) is 11.5 Å². The number of hydrogen-bond donors (Lipinski definition) is 0. The molecule has 0 unspecified atom stereocenters. The fourth-order valence-electron chi connectivity index (χ4n) is 2.83. The van der Waals surface area contributed by atoms with Crippen LogP contribution in [0, 0.1) is 6.92 Å². The van der Waals surface area contributed by atoms with E-state index in [1.807, 2.05) is 31.2 Å². The maximum absolute atomic E-state index is 6.15. The van der Waals surface area contributed by atoms with Gasteiger partial charge in [0.15, 0.2) is 11.5 Å². The van der Waals surface area contributed by atoms with Crippen molar-refractivity contribution in [2.45, 2.75) is 19.6 Å². The van der Waals surface area contributed by atoms with Crippen molar-refractivity contribution in [1.29, 1.82) is 0 Å². The Kier molecular flexibility index (Phi) is 3.43. The molecular formula is C19H14Br2O2. The zero-order valence-electron chi connectivity index (χ0n) is 12.7. The molecule has 0 N–H and O–H groups in total. The summed E-state index contributed by atoms with van der Waals surface area (Å²) in [5.74, 6) is 0.756. The number of halogens is 2. The summed E-state index contributed by atoms with van der Waals surface area (Å²) in [5, 5.41) is 2.21. The third kappa shape index (κ3) is 2.54. The predicted molar refractivity (Wildman–Crippen MR) is 99.1 cm³/mol. The average molecular weight is 434 g/mol. The molecule has 0 amide bonds. The third-order valence-corrected chi connectivity index (χ3v) is 5.97. The average Bonchev–Trinajstić information content (AvgIpc) is 2.83. The summed E-state index contributed by atoms with van der Waals surface area (Å²) in [7, 11) is 0.